The largest absolute Gasteiger partial charge is 1.00 e. The van der Waals surface area contributed by atoms with Crippen LogP contribution in [0.5, 0.6) is 0 Å². The third-order valence-electron chi connectivity index (χ3n) is 21.0. The van der Waals surface area contributed by atoms with Gasteiger partial charge in [-0.25, -0.2) is 9.69 Å². The van der Waals surface area contributed by atoms with E-state index < -0.39 is 12.8 Å². The van der Waals surface area contributed by atoms with E-state index in [0.717, 1.165) is 95.1 Å². The summed E-state index contributed by atoms with van der Waals surface area (Å²) in [4.78, 5) is 7.74. The zero-order valence-corrected chi connectivity index (χ0v) is 68.7. The van der Waals surface area contributed by atoms with Crippen LogP contribution >= 0.6 is 11.6 Å². The van der Waals surface area contributed by atoms with Crippen LogP contribution in [0, 0.1) is 35.8 Å². The fourth-order valence-corrected chi connectivity index (χ4v) is 16.3. The molecule has 20 rings (SSSR count). The predicted molar refractivity (Wildman–Crippen MR) is 477 cm³/mol. The van der Waals surface area contributed by atoms with Crippen molar-refractivity contribution in [3.8, 4) is 107 Å². The van der Waals surface area contributed by atoms with Crippen LogP contribution in [-0.4, -0.2) is 26.5 Å². The van der Waals surface area contributed by atoms with Crippen molar-refractivity contribution in [3.05, 3.63) is 414 Å². The number of para-hydroxylation sites is 5. The van der Waals surface area contributed by atoms with Gasteiger partial charge >= 0.3 is 51.4 Å². The van der Waals surface area contributed by atoms with E-state index >= 15 is 0 Å². The maximum atomic E-state index is 10.9. The number of aromatic nitrogens is 3. The summed E-state index contributed by atoms with van der Waals surface area (Å²) in [6.07, 6.45) is 1.04. The molecule has 0 atom stereocenters. The number of nitrogens with zero attached hydrogens (tertiary/aromatic N) is 7. The molecule has 554 valence electrons. The normalized spacial score (nSPS) is 11.2. The molecule has 11 heteroatoms. The Hall–Kier alpha value is -13.3. The summed E-state index contributed by atoms with van der Waals surface area (Å²) in [6, 6.07) is 131. The monoisotopic (exact) mass is 1550 g/mol. The zero-order valence-electron chi connectivity index (χ0n) is 65.8. The van der Waals surface area contributed by atoms with E-state index in [-0.39, 0.29) is 56.4 Å². The van der Waals surface area contributed by atoms with Crippen LogP contribution in [0.15, 0.2) is 364 Å². The molecule has 0 unspecified atom stereocenters. The first-order valence-corrected chi connectivity index (χ1v) is 38.5. The minimum Gasteiger partial charge on any atom is -0.850 e. The first-order chi connectivity index (χ1) is 57.3. The molecule has 3 heterocycles. The van der Waals surface area contributed by atoms with Crippen molar-refractivity contribution in [1.82, 2.24) is 13.7 Å². The minimum absolute atomic E-state index is 0. The molecule has 117 heavy (non-hydrogen) atoms. The second-order valence-electron chi connectivity index (χ2n) is 29.2. The van der Waals surface area contributed by atoms with E-state index in [1.54, 1.807) is 20.8 Å². The van der Waals surface area contributed by atoms with E-state index in [4.69, 9.17) is 26.1 Å². The van der Waals surface area contributed by atoms with Crippen LogP contribution in [0.25, 0.3) is 170 Å². The first-order valence-electron chi connectivity index (χ1n) is 38.8. The fraction of sp³-hybridized carbons (Fsp3) is 0.0566. The van der Waals surface area contributed by atoms with Gasteiger partial charge in [0.15, 0.2) is 0 Å². The summed E-state index contributed by atoms with van der Waals surface area (Å²) >= 11 is 6.38. The summed E-state index contributed by atoms with van der Waals surface area (Å²) in [5.41, 5.74) is 27.6. The molecule has 8 nitrogen and oxygen atoms in total. The minimum atomic E-state index is -1.00. The average molecular weight is 1560 g/mol. The Balaban J connectivity index is 0.000000144. The van der Waals surface area contributed by atoms with E-state index in [1.165, 1.54) is 77.2 Å². The molecule has 1 aliphatic carbocycles. The van der Waals surface area contributed by atoms with Crippen LogP contribution in [0.1, 0.15) is 44.4 Å². The van der Waals surface area contributed by atoms with Gasteiger partial charge in [-0.2, -0.15) is 10.5 Å². The maximum Gasteiger partial charge on any atom is 1.00 e. The SMILES string of the molecule is CC(C)(C)[O-].[2H]CF.[C-]#[N+]c1c(-c2ccccc2)cc(-c2ccccc2)c(C#N)c1-n1c2ccccc2c2cc(-c3ccc4c(c3)c3ccccc3n4-c3ccccc3)ccc21.[C-]#[N+]c1c(-c2ccccc2)cc(-c2ccccc2)c(C#N)c1Cl.[K+].c1ccc(-n2c3ccccc3c3cc(-c4ccc5c(c4)-c4ccccc4C5)ccc32)cc1. The molecule has 0 fully saturated rings. The summed E-state index contributed by atoms with van der Waals surface area (Å²) < 4.78 is 22.3. The van der Waals surface area contributed by atoms with Gasteiger partial charge in [0.1, 0.15) is 6.07 Å². The van der Waals surface area contributed by atoms with Crippen molar-refractivity contribution >= 4 is 88.4 Å². The van der Waals surface area contributed by atoms with Gasteiger partial charge in [-0.15, -0.1) is 5.60 Å². The van der Waals surface area contributed by atoms with Crippen molar-refractivity contribution in [2.24, 2.45) is 0 Å². The number of hydrogen-bond donors (Lipinski definition) is 0. The molecule has 0 aliphatic heterocycles. The quantitative estimate of drug-likeness (QED) is 0.106. The van der Waals surface area contributed by atoms with Crippen molar-refractivity contribution in [3.63, 3.8) is 0 Å². The maximum absolute atomic E-state index is 10.9. The summed E-state index contributed by atoms with van der Waals surface area (Å²) in [5, 5.41) is 37.9. The van der Waals surface area contributed by atoms with Gasteiger partial charge in [0.05, 0.1) is 82.7 Å². The average Bonchev–Trinajstić information content (AvgIpc) is 1.55. The van der Waals surface area contributed by atoms with Gasteiger partial charge in [0.2, 0.25) is 11.4 Å². The molecular weight excluding hydrogens is 1480 g/mol. The molecule has 19 aromatic rings. The third-order valence-corrected chi connectivity index (χ3v) is 21.4. The van der Waals surface area contributed by atoms with Gasteiger partial charge in [-0.05, 0) is 180 Å². The number of alkyl halides is 1. The van der Waals surface area contributed by atoms with Crippen LogP contribution in [0.4, 0.5) is 15.8 Å². The van der Waals surface area contributed by atoms with Crippen LogP contribution in [0.2, 0.25) is 5.02 Å². The molecule has 0 bridgehead atoms. The van der Waals surface area contributed by atoms with Crippen molar-refractivity contribution in [2.45, 2.75) is 32.8 Å². The third kappa shape index (κ3) is 15.6. The van der Waals surface area contributed by atoms with E-state index in [9.17, 15) is 20.0 Å². The van der Waals surface area contributed by atoms with Crippen molar-refractivity contribution in [1.29, 1.82) is 10.5 Å². The van der Waals surface area contributed by atoms with Gasteiger partial charge in [-0.3, -0.25) is 4.39 Å². The van der Waals surface area contributed by atoms with Crippen molar-refractivity contribution in [2.75, 3.05) is 7.15 Å². The van der Waals surface area contributed by atoms with Crippen LogP contribution < -0.4 is 56.5 Å². The number of rotatable bonds is 9. The molecule has 0 saturated carbocycles. The standard InChI is InChI=1S/C50H30N4.C31H21N.C20H11ClN2.C4H9O.CH3F.K/c1-52-49-41(34-17-7-3-8-18-34)31-40(33-15-5-2-6-16-33)44(32-51)50(49)54-46-24-14-12-22-39(46)43-30-36(26-28-48(43)54)35-25-27-47-42(29-35)38-21-11-13-23-45(38)53(47)37-19-9-4-10-20-37;1-2-9-25(10-3-1)32-30-13-7-6-12-27(30)29-20-22(16-17-31(29)32)21-14-15-24-18-23-8-4-5-11-26(23)28(24)19-21;1-23-20-17(15-10-6-3-7-11-15)12-16(18(13-22)19(20)21)14-8-4-2-5-9-14;1-4(2,3)5;1-2;/h2-31H;1-17,19-20H,18H2;2-12H;1-3H3;1H3;/q;;;-1;;+1/i;;;;1D;. The molecular formula is C106H74ClFKN7O. The molecule has 0 N–H and O–H groups in total. The van der Waals surface area contributed by atoms with E-state index in [2.05, 4.69) is 260 Å². The van der Waals surface area contributed by atoms with Gasteiger partial charge in [0, 0.05) is 43.7 Å². The zero-order chi connectivity index (χ0) is 80.7. The molecule has 0 saturated heterocycles. The first kappa shape index (κ1) is 77.6. The molecule has 0 amide bonds. The summed E-state index contributed by atoms with van der Waals surface area (Å²) in [7, 11) is -1.00. The van der Waals surface area contributed by atoms with Gasteiger partial charge in [-0.1, -0.05) is 311 Å². The van der Waals surface area contributed by atoms with E-state index in [1.807, 2.05) is 140 Å². The number of hydrogen-bond acceptors (Lipinski definition) is 3. The number of nitriles is 2. The molecule has 0 radical (unpaired) electrons. The number of halogens is 2. The predicted octanol–water partition coefficient (Wildman–Crippen LogP) is 25.2. The van der Waals surface area contributed by atoms with Crippen LogP contribution in [0.3, 0.4) is 0 Å². The topological polar surface area (TPSA) is 94.2 Å². The molecule has 3 aromatic heterocycles. The Bertz CT molecular complexity index is 6980. The van der Waals surface area contributed by atoms with E-state index in [0.29, 0.717) is 28.2 Å². The Kier molecular flexibility index (Phi) is 23.1. The Morgan fingerprint density at radius 3 is 1.07 bits per heavy atom. The Labute approximate surface area is 729 Å². The van der Waals surface area contributed by atoms with Gasteiger partial charge < -0.3 is 18.8 Å². The molecule has 16 aromatic carbocycles. The molecule has 1 aliphatic rings. The fourth-order valence-electron chi connectivity index (χ4n) is 16.0. The second kappa shape index (κ2) is 34.8. The summed E-state index contributed by atoms with van der Waals surface area (Å²) in [6.45, 7) is 20.9. The number of fused-ring (bicyclic) bond motifs is 12. The smallest absolute Gasteiger partial charge is 0.850 e. The second-order valence-corrected chi connectivity index (χ2v) is 29.6. The summed E-state index contributed by atoms with van der Waals surface area (Å²) in [5.74, 6) is 0. The number of benzene rings is 16. The van der Waals surface area contributed by atoms with Crippen molar-refractivity contribution < 1.29 is 62.3 Å². The molecule has 0 spiro atoms. The Morgan fingerprint density at radius 2 is 0.658 bits per heavy atom. The van der Waals surface area contributed by atoms with Crippen LogP contribution in [-0.2, 0) is 6.42 Å². The Morgan fingerprint density at radius 1 is 0.350 bits per heavy atom. The van der Waals surface area contributed by atoms with Gasteiger partial charge in [0.25, 0.3) is 0 Å².